The third-order valence-electron chi connectivity index (χ3n) is 10.3. The SMILES string of the molecule is c1ccc(-c2ccc3sc4ccccc4c3c2N(c2cccc3c2sc2ccccc23)c2ccc(-c3ccccc3)c3sc4ccccc4c23)cc1. The molecule has 0 unspecified atom stereocenters. The van der Waals surface area contributed by atoms with Crippen LogP contribution in [0.15, 0.2) is 176 Å². The van der Waals surface area contributed by atoms with E-state index in [0.29, 0.717) is 0 Å². The zero-order chi connectivity index (χ0) is 34.2. The van der Waals surface area contributed by atoms with Gasteiger partial charge in [-0.15, -0.1) is 34.0 Å². The number of hydrogen-bond acceptors (Lipinski definition) is 4. The van der Waals surface area contributed by atoms with Gasteiger partial charge in [0.2, 0.25) is 0 Å². The van der Waals surface area contributed by atoms with Crippen LogP contribution in [0.2, 0.25) is 0 Å². The molecule has 3 aromatic heterocycles. The Hall–Kier alpha value is -5.78. The van der Waals surface area contributed by atoms with Gasteiger partial charge in [0.15, 0.2) is 0 Å². The van der Waals surface area contributed by atoms with Crippen LogP contribution in [-0.2, 0) is 0 Å². The summed E-state index contributed by atoms with van der Waals surface area (Å²) in [6.07, 6.45) is 0. The van der Waals surface area contributed by atoms with Gasteiger partial charge in [-0.05, 0) is 53.1 Å². The van der Waals surface area contributed by atoms with Gasteiger partial charge < -0.3 is 4.90 Å². The average molecular weight is 716 g/mol. The Bertz CT molecular complexity index is 3130. The minimum absolute atomic E-state index is 1.19. The molecule has 0 saturated carbocycles. The van der Waals surface area contributed by atoms with Crippen LogP contribution < -0.4 is 4.90 Å². The summed E-state index contributed by atoms with van der Waals surface area (Å²) in [5, 5.41) is 7.75. The fraction of sp³-hybridized carbons (Fsp3) is 0. The van der Waals surface area contributed by atoms with Crippen LogP contribution in [-0.4, -0.2) is 0 Å². The van der Waals surface area contributed by atoms with Crippen LogP contribution in [0.1, 0.15) is 0 Å². The molecule has 0 bridgehead atoms. The first kappa shape index (κ1) is 29.9. The van der Waals surface area contributed by atoms with Gasteiger partial charge in [-0.2, -0.15) is 0 Å². The van der Waals surface area contributed by atoms with Crippen molar-refractivity contribution in [2.24, 2.45) is 0 Å². The van der Waals surface area contributed by atoms with E-state index in [0.717, 1.165) is 0 Å². The lowest BCUT2D eigenvalue weighted by molar-refractivity contribution is 1.34. The number of rotatable bonds is 5. The molecular formula is C48H29NS3. The molecule has 0 N–H and O–H groups in total. The highest BCUT2D eigenvalue weighted by Gasteiger charge is 2.28. The maximum Gasteiger partial charge on any atom is 0.0641 e. The second kappa shape index (κ2) is 11.9. The summed E-state index contributed by atoms with van der Waals surface area (Å²) in [4.78, 5) is 2.62. The first-order valence-corrected chi connectivity index (χ1v) is 20.0. The molecule has 1 nitrogen and oxygen atoms in total. The lowest BCUT2D eigenvalue weighted by atomic mass is 9.96. The van der Waals surface area contributed by atoms with Crippen molar-refractivity contribution in [1.29, 1.82) is 0 Å². The van der Waals surface area contributed by atoms with Gasteiger partial charge in [-0.25, -0.2) is 0 Å². The van der Waals surface area contributed by atoms with Crippen molar-refractivity contribution in [2.45, 2.75) is 0 Å². The standard InChI is InChI=1S/C48H29NS3/c1-3-14-30(15-4-1)32-27-29-43-45(37-20-9-11-24-41(37)50-43)46(32)49(39-22-13-21-35-34-18-7-10-23-40(34)51-47(35)39)38-28-26-33(31-16-5-2-6-17-31)48-44(38)36-19-8-12-25-42(36)52-48/h1-29H. The third kappa shape index (κ3) is 4.52. The molecule has 0 aliphatic rings. The Balaban J connectivity index is 1.35. The molecule has 0 aliphatic carbocycles. The molecule has 0 amide bonds. The number of benzene rings is 8. The molecule has 11 rings (SSSR count). The molecule has 0 fully saturated rings. The van der Waals surface area contributed by atoms with Crippen molar-refractivity contribution in [1.82, 2.24) is 0 Å². The summed E-state index contributed by atoms with van der Waals surface area (Å²) in [5.74, 6) is 0. The van der Waals surface area contributed by atoms with Crippen LogP contribution in [0.5, 0.6) is 0 Å². The Morgan fingerprint density at radius 1 is 0.308 bits per heavy atom. The van der Waals surface area contributed by atoms with E-state index in [4.69, 9.17) is 0 Å². The van der Waals surface area contributed by atoms with Gasteiger partial charge in [0, 0.05) is 61.4 Å². The molecule has 0 atom stereocenters. The third-order valence-corrected chi connectivity index (χ3v) is 13.8. The predicted octanol–water partition coefficient (Wildman–Crippen LogP) is 15.6. The average Bonchev–Trinajstić information content (AvgIpc) is 3.91. The molecule has 244 valence electrons. The molecule has 3 heterocycles. The second-order valence-corrected chi connectivity index (χ2v) is 16.4. The van der Waals surface area contributed by atoms with Crippen LogP contribution in [0.3, 0.4) is 0 Å². The van der Waals surface area contributed by atoms with Gasteiger partial charge in [0.25, 0.3) is 0 Å². The number of hydrogen-bond donors (Lipinski definition) is 0. The number of nitrogens with zero attached hydrogens (tertiary/aromatic N) is 1. The van der Waals surface area contributed by atoms with Crippen LogP contribution in [0.4, 0.5) is 17.1 Å². The first-order valence-electron chi connectivity index (χ1n) is 17.5. The quantitative estimate of drug-likeness (QED) is 0.171. The molecule has 52 heavy (non-hydrogen) atoms. The highest BCUT2D eigenvalue weighted by Crippen LogP contribution is 2.55. The molecule has 0 saturated heterocycles. The topological polar surface area (TPSA) is 3.24 Å². The summed E-state index contributed by atoms with van der Waals surface area (Å²) < 4.78 is 7.79. The smallest absolute Gasteiger partial charge is 0.0641 e. The van der Waals surface area contributed by atoms with Crippen molar-refractivity contribution >= 4 is 112 Å². The van der Waals surface area contributed by atoms with Crippen molar-refractivity contribution in [3.8, 4) is 22.3 Å². The highest BCUT2D eigenvalue weighted by molar-refractivity contribution is 7.27. The van der Waals surface area contributed by atoms with E-state index in [1.165, 1.54) is 99.8 Å². The number of fused-ring (bicyclic) bond motifs is 9. The van der Waals surface area contributed by atoms with E-state index in [1.54, 1.807) is 0 Å². The van der Waals surface area contributed by atoms with Crippen LogP contribution in [0, 0.1) is 0 Å². The molecule has 0 spiro atoms. The largest absolute Gasteiger partial charge is 0.307 e. The molecular weight excluding hydrogens is 687 g/mol. The van der Waals surface area contributed by atoms with Crippen molar-refractivity contribution in [3.05, 3.63) is 176 Å². The number of anilines is 3. The van der Waals surface area contributed by atoms with Crippen LogP contribution in [0.25, 0.3) is 82.8 Å². The predicted molar refractivity (Wildman–Crippen MR) is 231 cm³/mol. The summed E-state index contributed by atoms with van der Waals surface area (Å²) in [6, 6.07) is 64.8. The zero-order valence-corrected chi connectivity index (χ0v) is 30.4. The Morgan fingerprint density at radius 2 is 0.846 bits per heavy atom. The van der Waals surface area contributed by atoms with Crippen LogP contribution >= 0.6 is 34.0 Å². The molecule has 0 radical (unpaired) electrons. The second-order valence-electron chi connectivity index (χ2n) is 13.2. The zero-order valence-electron chi connectivity index (χ0n) is 27.9. The van der Waals surface area contributed by atoms with E-state index in [1.807, 2.05) is 34.0 Å². The Labute approximate surface area is 312 Å². The fourth-order valence-electron chi connectivity index (χ4n) is 8.00. The lowest BCUT2D eigenvalue weighted by Gasteiger charge is -2.30. The van der Waals surface area contributed by atoms with E-state index in [9.17, 15) is 0 Å². The summed E-state index contributed by atoms with van der Waals surface area (Å²) in [7, 11) is 0. The van der Waals surface area contributed by atoms with Gasteiger partial charge in [0.05, 0.1) is 21.8 Å². The highest BCUT2D eigenvalue weighted by atomic mass is 32.1. The van der Waals surface area contributed by atoms with E-state index in [2.05, 4.69) is 181 Å². The molecule has 4 heteroatoms. The molecule has 0 aliphatic heterocycles. The van der Waals surface area contributed by atoms with E-state index in [-0.39, 0.29) is 0 Å². The van der Waals surface area contributed by atoms with Gasteiger partial charge in [-0.3, -0.25) is 0 Å². The lowest BCUT2D eigenvalue weighted by Crippen LogP contribution is -2.12. The Kier molecular flexibility index (Phi) is 6.84. The molecule has 8 aromatic carbocycles. The van der Waals surface area contributed by atoms with Gasteiger partial charge in [0.1, 0.15) is 0 Å². The number of thiophene rings is 3. The summed E-state index contributed by atoms with van der Waals surface area (Å²) in [6.45, 7) is 0. The minimum atomic E-state index is 1.19. The monoisotopic (exact) mass is 715 g/mol. The van der Waals surface area contributed by atoms with Gasteiger partial charge >= 0.3 is 0 Å². The van der Waals surface area contributed by atoms with Crippen molar-refractivity contribution < 1.29 is 0 Å². The fourth-order valence-corrected chi connectivity index (χ4v) is 11.6. The van der Waals surface area contributed by atoms with Crippen molar-refractivity contribution in [2.75, 3.05) is 4.90 Å². The van der Waals surface area contributed by atoms with E-state index < -0.39 is 0 Å². The first-order chi connectivity index (χ1) is 25.8. The van der Waals surface area contributed by atoms with E-state index >= 15 is 0 Å². The molecule has 11 aromatic rings. The Morgan fingerprint density at radius 3 is 1.58 bits per heavy atom. The maximum absolute atomic E-state index is 2.62. The van der Waals surface area contributed by atoms with Crippen molar-refractivity contribution in [3.63, 3.8) is 0 Å². The van der Waals surface area contributed by atoms with Gasteiger partial charge in [-0.1, -0.05) is 140 Å². The summed E-state index contributed by atoms with van der Waals surface area (Å²) in [5.41, 5.74) is 8.53. The maximum atomic E-state index is 2.62. The minimum Gasteiger partial charge on any atom is -0.307 e. The summed E-state index contributed by atoms with van der Waals surface area (Å²) >= 11 is 5.67. The normalized spacial score (nSPS) is 11.8.